The summed E-state index contributed by atoms with van der Waals surface area (Å²) in [7, 11) is -3.58. The van der Waals surface area contributed by atoms with Crippen molar-refractivity contribution in [1.82, 2.24) is 9.21 Å². The lowest BCUT2D eigenvalue weighted by atomic mass is 9.94. The van der Waals surface area contributed by atoms with Crippen molar-refractivity contribution in [3.8, 4) is 0 Å². The first-order valence-electron chi connectivity index (χ1n) is 9.40. The second kappa shape index (κ2) is 7.66. The zero-order valence-electron chi connectivity index (χ0n) is 15.6. The third kappa shape index (κ3) is 3.94. The number of sulfonamides is 1. The lowest BCUT2D eigenvalue weighted by Crippen LogP contribution is -2.42. The van der Waals surface area contributed by atoms with Gasteiger partial charge in [-0.25, -0.2) is 8.42 Å². The molecule has 26 heavy (non-hydrogen) atoms. The molecule has 2 aliphatic heterocycles. The highest BCUT2D eigenvalue weighted by molar-refractivity contribution is 7.89. The predicted molar refractivity (Wildman–Crippen MR) is 101 cm³/mol. The first-order chi connectivity index (χ1) is 12.3. The number of amides is 1. The molecule has 3 rings (SSSR count). The van der Waals surface area contributed by atoms with Crippen molar-refractivity contribution in [3.05, 3.63) is 29.8 Å². The van der Waals surface area contributed by atoms with Gasteiger partial charge >= 0.3 is 0 Å². The molecule has 6 nitrogen and oxygen atoms in total. The number of hydrogen-bond donors (Lipinski definition) is 1. The van der Waals surface area contributed by atoms with Crippen LogP contribution in [0, 0.1) is 17.8 Å². The van der Waals surface area contributed by atoms with Crippen LogP contribution in [0.25, 0.3) is 0 Å². The number of benzene rings is 1. The quantitative estimate of drug-likeness (QED) is 0.864. The Morgan fingerprint density at radius 2 is 1.88 bits per heavy atom. The summed E-state index contributed by atoms with van der Waals surface area (Å²) in [6, 6.07) is 6.46. The number of nitrogens with two attached hydrogens (primary N) is 1. The van der Waals surface area contributed by atoms with Crippen LogP contribution in [-0.2, 0) is 10.0 Å². The lowest BCUT2D eigenvalue weighted by molar-refractivity contribution is 0.0787. The Hall–Kier alpha value is -1.44. The average Bonchev–Trinajstić information content (AvgIpc) is 3.09. The summed E-state index contributed by atoms with van der Waals surface area (Å²) in [4.78, 5) is 14.7. The topological polar surface area (TPSA) is 83.7 Å². The van der Waals surface area contributed by atoms with E-state index in [0.717, 1.165) is 12.8 Å². The van der Waals surface area contributed by atoms with Crippen LogP contribution in [0.2, 0.25) is 0 Å². The monoisotopic (exact) mass is 379 g/mol. The minimum absolute atomic E-state index is 0.113. The van der Waals surface area contributed by atoms with Crippen molar-refractivity contribution in [2.24, 2.45) is 23.5 Å². The largest absolute Gasteiger partial charge is 0.338 e. The molecule has 3 atom stereocenters. The molecule has 2 fully saturated rings. The molecule has 1 aromatic rings. The van der Waals surface area contributed by atoms with Crippen molar-refractivity contribution in [3.63, 3.8) is 0 Å². The van der Waals surface area contributed by atoms with Gasteiger partial charge in [0.05, 0.1) is 4.90 Å². The number of nitrogens with zero attached hydrogens (tertiary/aromatic N) is 2. The molecule has 7 heteroatoms. The number of hydrogen-bond acceptors (Lipinski definition) is 4. The summed E-state index contributed by atoms with van der Waals surface area (Å²) in [6.07, 6.45) is 1.95. The third-order valence-corrected chi connectivity index (χ3v) is 7.29. The van der Waals surface area contributed by atoms with Gasteiger partial charge in [0, 0.05) is 31.7 Å². The molecule has 2 aliphatic rings. The van der Waals surface area contributed by atoms with Crippen molar-refractivity contribution in [2.75, 3.05) is 32.7 Å². The predicted octanol–water partition coefficient (Wildman–Crippen LogP) is 1.77. The smallest absolute Gasteiger partial charge is 0.253 e. The molecule has 2 saturated heterocycles. The fourth-order valence-electron chi connectivity index (χ4n) is 4.13. The fourth-order valence-corrected chi connectivity index (χ4v) is 5.86. The first-order valence-corrected chi connectivity index (χ1v) is 10.8. The molecule has 1 amide bonds. The highest BCUT2D eigenvalue weighted by atomic mass is 32.2. The normalized spacial score (nSPS) is 27.7. The Bertz CT molecular complexity index is 755. The molecule has 0 spiro atoms. The number of piperidine rings is 1. The molecule has 144 valence electrons. The Labute approximate surface area is 156 Å². The van der Waals surface area contributed by atoms with Gasteiger partial charge < -0.3 is 10.6 Å². The molecule has 0 saturated carbocycles. The van der Waals surface area contributed by atoms with Gasteiger partial charge in [0.1, 0.15) is 0 Å². The molecule has 0 aromatic heterocycles. The molecule has 1 aromatic carbocycles. The van der Waals surface area contributed by atoms with E-state index in [1.165, 1.54) is 6.07 Å². The third-order valence-electron chi connectivity index (χ3n) is 5.46. The minimum atomic E-state index is -3.58. The van der Waals surface area contributed by atoms with Crippen LogP contribution in [0.4, 0.5) is 0 Å². The van der Waals surface area contributed by atoms with E-state index in [0.29, 0.717) is 56.0 Å². The van der Waals surface area contributed by atoms with Crippen LogP contribution in [0.5, 0.6) is 0 Å². The van der Waals surface area contributed by atoms with Crippen molar-refractivity contribution < 1.29 is 13.2 Å². The van der Waals surface area contributed by atoms with Gasteiger partial charge in [-0.05, 0) is 55.3 Å². The van der Waals surface area contributed by atoms with E-state index in [1.807, 2.05) is 0 Å². The van der Waals surface area contributed by atoms with Crippen molar-refractivity contribution in [1.29, 1.82) is 0 Å². The summed E-state index contributed by atoms with van der Waals surface area (Å²) in [5.41, 5.74) is 6.13. The van der Waals surface area contributed by atoms with Gasteiger partial charge in [-0.3, -0.25) is 4.79 Å². The van der Waals surface area contributed by atoms with E-state index < -0.39 is 10.0 Å². The second-order valence-electron chi connectivity index (χ2n) is 7.94. The van der Waals surface area contributed by atoms with Crippen LogP contribution < -0.4 is 5.73 Å². The maximum absolute atomic E-state index is 13.1. The second-order valence-corrected chi connectivity index (χ2v) is 9.88. The zero-order valence-corrected chi connectivity index (χ0v) is 16.4. The molecule has 3 unspecified atom stereocenters. The number of likely N-dealkylation sites (tertiary alicyclic amines) is 1. The molecular formula is C19H29N3O3S. The molecule has 0 aliphatic carbocycles. The van der Waals surface area contributed by atoms with Gasteiger partial charge in [-0.15, -0.1) is 0 Å². The molecule has 0 bridgehead atoms. The van der Waals surface area contributed by atoms with Crippen molar-refractivity contribution >= 4 is 15.9 Å². The van der Waals surface area contributed by atoms with Crippen molar-refractivity contribution in [2.45, 2.75) is 31.6 Å². The van der Waals surface area contributed by atoms with Crippen LogP contribution >= 0.6 is 0 Å². The summed E-state index contributed by atoms with van der Waals surface area (Å²) >= 11 is 0. The summed E-state index contributed by atoms with van der Waals surface area (Å²) in [5, 5.41) is 0. The Morgan fingerprint density at radius 3 is 2.50 bits per heavy atom. The summed E-state index contributed by atoms with van der Waals surface area (Å²) in [5.74, 6) is 0.910. The maximum Gasteiger partial charge on any atom is 0.253 e. The minimum Gasteiger partial charge on any atom is -0.338 e. The Morgan fingerprint density at radius 1 is 1.19 bits per heavy atom. The van der Waals surface area contributed by atoms with E-state index in [9.17, 15) is 13.2 Å². The van der Waals surface area contributed by atoms with Gasteiger partial charge in [0.2, 0.25) is 10.0 Å². The first kappa shape index (κ1) is 19.3. The number of carbonyl (C=O) groups excluding carboxylic acids is 1. The number of carbonyl (C=O) groups is 1. The standard InChI is InChI=1S/C19H29N3O3S/c1-14-8-15(2)12-22(11-14)26(24,25)18-5-3-4-17(9-18)19(23)21-7-6-16(10-20)13-21/h3-5,9,14-16H,6-8,10-13,20H2,1-2H3. The van der Waals surface area contributed by atoms with E-state index >= 15 is 0 Å². The van der Waals surface area contributed by atoms with Crippen LogP contribution in [-0.4, -0.2) is 56.3 Å². The van der Waals surface area contributed by atoms with Gasteiger partial charge in [0.15, 0.2) is 0 Å². The maximum atomic E-state index is 13.1. The highest BCUT2D eigenvalue weighted by Crippen LogP contribution is 2.27. The molecule has 2 heterocycles. The SMILES string of the molecule is CC1CC(C)CN(S(=O)(=O)c2cccc(C(=O)N3CCC(CN)C3)c2)C1. The lowest BCUT2D eigenvalue weighted by Gasteiger charge is -2.34. The van der Waals surface area contributed by atoms with Gasteiger partial charge in [0.25, 0.3) is 5.91 Å². The molecule has 2 N–H and O–H groups in total. The van der Waals surface area contributed by atoms with E-state index in [1.54, 1.807) is 27.4 Å². The van der Waals surface area contributed by atoms with Gasteiger partial charge in [-0.1, -0.05) is 19.9 Å². The number of rotatable bonds is 4. The van der Waals surface area contributed by atoms with Crippen LogP contribution in [0.3, 0.4) is 0 Å². The average molecular weight is 380 g/mol. The van der Waals surface area contributed by atoms with E-state index in [4.69, 9.17) is 5.73 Å². The van der Waals surface area contributed by atoms with E-state index in [-0.39, 0.29) is 10.8 Å². The fraction of sp³-hybridized carbons (Fsp3) is 0.632. The zero-order chi connectivity index (χ0) is 18.9. The molecule has 0 radical (unpaired) electrons. The Balaban J connectivity index is 1.81. The summed E-state index contributed by atoms with van der Waals surface area (Å²) < 4.78 is 27.7. The van der Waals surface area contributed by atoms with Crippen LogP contribution in [0.15, 0.2) is 29.2 Å². The molecular weight excluding hydrogens is 350 g/mol. The van der Waals surface area contributed by atoms with Crippen LogP contribution in [0.1, 0.15) is 37.0 Å². The van der Waals surface area contributed by atoms with Gasteiger partial charge in [-0.2, -0.15) is 4.31 Å². The highest BCUT2D eigenvalue weighted by Gasteiger charge is 2.32. The van der Waals surface area contributed by atoms with E-state index in [2.05, 4.69) is 13.8 Å². The summed E-state index contributed by atoms with van der Waals surface area (Å²) in [6.45, 7) is 7.14. The Kier molecular flexibility index (Phi) is 5.69.